The number of thiazole rings is 1. The van der Waals surface area contributed by atoms with E-state index in [9.17, 15) is 9.18 Å². The smallest absolute Gasteiger partial charge is 0.279 e. The molecule has 0 atom stereocenters. The van der Waals surface area contributed by atoms with Crippen molar-refractivity contribution in [3.05, 3.63) is 64.7 Å². The Bertz CT molecular complexity index is 895. The Balaban J connectivity index is 2.12. The van der Waals surface area contributed by atoms with Crippen molar-refractivity contribution in [3.63, 3.8) is 0 Å². The Morgan fingerprint density at radius 2 is 2.05 bits per heavy atom. The highest BCUT2D eigenvalue weighted by Crippen LogP contribution is 2.17. The van der Waals surface area contributed by atoms with Crippen LogP contribution in [0.3, 0.4) is 0 Å². The van der Waals surface area contributed by atoms with Gasteiger partial charge in [-0.1, -0.05) is 36.5 Å². The molecule has 3 aromatic rings. The molecule has 112 valence electrons. The van der Waals surface area contributed by atoms with Gasteiger partial charge in [0.05, 0.1) is 10.2 Å². The number of benzene rings is 2. The number of aryl methyl sites for hydroxylation is 1. The molecule has 0 saturated heterocycles. The molecule has 3 nitrogen and oxygen atoms in total. The minimum Gasteiger partial charge on any atom is -0.316 e. The first-order valence-electron chi connectivity index (χ1n) is 7.12. The van der Waals surface area contributed by atoms with E-state index in [4.69, 9.17) is 0 Å². The molecular weight excluding hydrogens is 299 g/mol. The van der Waals surface area contributed by atoms with Gasteiger partial charge in [0.15, 0.2) is 4.80 Å². The molecule has 2 aromatic carbocycles. The highest BCUT2D eigenvalue weighted by atomic mass is 32.1. The van der Waals surface area contributed by atoms with E-state index >= 15 is 0 Å². The number of hydrogen-bond acceptors (Lipinski definition) is 2. The van der Waals surface area contributed by atoms with Crippen molar-refractivity contribution in [1.82, 2.24) is 4.57 Å². The van der Waals surface area contributed by atoms with E-state index in [1.54, 1.807) is 6.07 Å². The third kappa shape index (κ3) is 2.85. The van der Waals surface area contributed by atoms with Gasteiger partial charge < -0.3 is 4.57 Å². The van der Waals surface area contributed by atoms with Crippen molar-refractivity contribution in [2.24, 2.45) is 4.99 Å². The fourth-order valence-electron chi connectivity index (χ4n) is 2.32. The fraction of sp³-hybridized carbons (Fsp3) is 0.176. The van der Waals surface area contributed by atoms with Crippen molar-refractivity contribution in [3.8, 4) is 0 Å². The second kappa shape index (κ2) is 6.23. The number of fused-ring (bicyclic) bond motifs is 1. The first-order valence-corrected chi connectivity index (χ1v) is 7.93. The third-order valence-corrected chi connectivity index (χ3v) is 4.36. The summed E-state index contributed by atoms with van der Waals surface area (Å²) < 4.78 is 16.4. The Morgan fingerprint density at radius 3 is 2.82 bits per heavy atom. The molecule has 0 saturated carbocycles. The number of nitrogens with zero attached hydrogens (tertiary/aromatic N) is 2. The van der Waals surface area contributed by atoms with E-state index in [2.05, 4.69) is 11.9 Å². The van der Waals surface area contributed by atoms with Crippen LogP contribution in [0.5, 0.6) is 0 Å². The second-order valence-electron chi connectivity index (χ2n) is 4.93. The lowest BCUT2D eigenvalue weighted by Crippen LogP contribution is -2.16. The van der Waals surface area contributed by atoms with Crippen LogP contribution in [0.2, 0.25) is 0 Å². The number of carbonyl (C=O) groups is 1. The molecule has 1 aromatic heterocycles. The first kappa shape index (κ1) is 14.7. The van der Waals surface area contributed by atoms with Crippen LogP contribution in [0, 0.1) is 5.82 Å². The maximum Gasteiger partial charge on any atom is 0.279 e. The molecular formula is C17H15FN2OS. The number of para-hydroxylation sites is 1. The van der Waals surface area contributed by atoms with Crippen molar-refractivity contribution in [2.45, 2.75) is 19.9 Å². The van der Waals surface area contributed by atoms with Crippen molar-refractivity contribution < 1.29 is 9.18 Å². The highest BCUT2D eigenvalue weighted by Gasteiger charge is 2.09. The largest absolute Gasteiger partial charge is 0.316 e. The fourth-order valence-corrected chi connectivity index (χ4v) is 3.37. The second-order valence-corrected chi connectivity index (χ2v) is 5.94. The van der Waals surface area contributed by atoms with Gasteiger partial charge >= 0.3 is 0 Å². The third-order valence-electron chi connectivity index (χ3n) is 3.30. The maximum absolute atomic E-state index is 13.2. The van der Waals surface area contributed by atoms with Gasteiger partial charge in [-0.25, -0.2) is 4.39 Å². The van der Waals surface area contributed by atoms with Gasteiger partial charge in [-0.3, -0.25) is 4.79 Å². The molecule has 1 heterocycles. The van der Waals surface area contributed by atoms with Gasteiger partial charge in [-0.15, -0.1) is 0 Å². The Kier molecular flexibility index (Phi) is 4.15. The van der Waals surface area contributed by atoms with Crippen molar-refractivity contribution >= 4 is 27.5 Å². The molecule has 0 aliphatic carbocycles. The lowest BCUT2D eigenvalue weighted by molar-refractivity contribution is 0.0997. The molecule has 0 aliphatic rings. The normalized spacial score (nSPS) is 12.0. The number of rotatable bonds is 3. The average Bonchev–Trinajstić information content (AvgIpc) is 2.85. The zero-order valence-electron chi connectivity index (χ0n) is 12.1. The molecule has 0 N–H and O–H groups in total. The monoisotopic (exact) mass is 314 g/mol. The summed E-state index contributed by atoms with van der Waals surface area (Å²) >= 11 is 1.47. The van der Waals surface area contributed by atoms with Crippen LogP contribution < -0.4 is 4.80 Å². The molecule has 0 aliphatic heterocycles. The summed E-state index contributed by atoms with van der Waals surface area (Å²) in [6, 6.07) is 13.6. The van der Waals surface area contributed by atoms with Crippen molar-refractivity contribution in [2.75, 3.05) is 0 Å². The molecule has 3 rings (SSSR count). The van der Waals surface area contributed by atoms with E-state index < -0.39 is 11.7 Å². The summed E-state index contributed by atoms with van der Waals surface area (Å²) in [6.45, 7) is 2.87. The molecule has 1 amide bonds. The molecule has 22 heavy (non-hydrogen) atoms. The van der Waals surface area contributed by atoms with E-state index in [-0.39, 0.29) is 5.56 Å². The van der Waals surface area contributed by atoms with Crippen LogP contribution in [0.15, 0.2) is 53.5 Å². The molecule has 0 fully saturated rings. The number of aromatic nitrogens is 1. The summed E-state index contributed by atoms with van der Waals surface area (Å²) in [5.74, 6) is -0.852. The molecule has 0 unspecified atom stereocenters. The first-order chi connectivity index (χ1) is 10.7. The van der Waals surface area contributed by atoms with Gasteiger partial charge in [-0.2, -0.15) is 4.99 Å². The molecule has 5 heteroatoms. The summed E-state index contributed by atoms with van der Waals surface area (Å²) in [7, 11) is 0. The van der Waals surface area contributed by atoms with Crippen LogP contribution in [-0.2, 0) is 6.54 Å². The predicted molar refractivity (Wildman–Crippen MR) is 86.4 cm³/mol. The lowest BCUT2D eigenvalue weighted by atomic mass is 10.2. The van der Waals surface area contributed by atoms with Gasteiger partial charge in [0.1, 0.15) is 5.82 Å². The molecule has 0 bridgehead atoms. The van der Waals surface area contributed by atoms with Crippen LogP contribution in [0.4, 0.5) is 4.39 Å². The zero-order valence-corrected chi connectivity index (χ0v) is 12.9. The average molecular weight is 314 g/mol. The van der Waals surface area contributed by atoms with Gasteiger partial charge in [-0.05, 0) is 36.8 Å². The SMILES string of the molecule is CCCn1c(=NC(=O)c2cccc(F)c2)sc2ccccc21. The van der Waals surface area contributed by atoms with E-state index in [1.807, 2.05) is 28.8 Å². The molecule has 0 spiro atoms. The number of amides is 1. The number of halogens is 1. The Hall–Kier alpha value is -2.27. The van der Waals surface area contributed by atoms with E-state index in [0.29, 0.717) is 4.80 Å². The van der Waals surface area contributed by atoms with E-state index in [1.165, 1.54) is 29.5 Å². The van der Waals surface area contributed by atoms with Crippen LogP contribution in [0.1, 0.15) is 23.7 Å². The highest BCUT2D eigenvalue weighted by molar-refractivity contribution is 7.16. The van der Waals surface area contributed by atoms with Gasteiger partial charge in [0.25, 0.3) is 5.91 Å². The maximum atomic E-state index is 13.2. The van der Waals surface area contributed by atoms with Crippen LogP contribution >= 0.6 is 11.3 Å². The predicted octanol–water partition coefficient (Wildman–Crippen LogP) is 3.99. The van der Waals surface area contributed by atoms with Gasteiger partial charge in [0, 0.05) is 12.1 Å². The van der Waals surface area contributed by atoms with E-state index in [0.717, 1.165) is 23.2 Å². The quantitative estimate of drug-likeness (QED) is 0.719. The summed E-state index contributed by atoms with van der Waals surface area (Å²) in [6.07, 6.45) is 0.946. The summed E-state index contributed by atoms with van der Waals surface area (Å²) in [5.41, 5.74) is 1.33. The number of carbonyl (C=O) groups excluding carboxylic acids is 1. The topological polar surface area (TPSA) is 34.4 Å². The molecule has 0 radical (unpaired) electrons. The number of hydrogen-bond donors (Lipinski definition) is 0. The van der Waals surface area contributed by atoms with Gasteiger partial charge in [0.2, 0.25) is 0 Å². The Labute approximate surface area is 131 Å². The summed E-state index contributed by atoms with van der Waals surface area (Å²) in [4.78, 5) is 17.1. The minimum atomic E-state index is -0.432. The standard InChI is InChI=1S/C17H15FN2OS/c1-2-10-20-14-8-3-4-9-15(14)22-17(20)19-16(21)12-6-5-7-13(18)11-12/h3-9,11H,2,10H2,1H3. The zero-order chi connectivity index (χ0) is 15.5. The van der Waals surface area contributed by atoms with Crippen LogP contribution in [-0.4, -0.2) is 10.5 Å². The minimum absolute atomic E-state index is 0.264. The lowest BCUT2D eigenvalue weighted by Gasteiger charge is -2.02. The van der Waals surface area contributed by atoms with Crippen molar-refractivity contribution in [1.29, 1.82) is 0 Å². The Morgan fingerprint density at radius 1 is 1.23 bits per heavy atom. The summed E-state index contributed by atoms with van der Waals surface area (Å²) in [5, 5.41) is 0. The van der Waals surface area contributed by atoms with Crippen LogP contribution in [0.25, 0.3) is 10.2 Å².